The van der Waals surface area contributed by atoms with Crippen LogP contribution in [0.4, 0.5) is 0 Å². The summed E-state index contributed by atoms with van der Waals surface area (Å²) in [5.41, 5.74) is 7.67. The van der Waals surface area contributed by atoms with E-state index in [1.165, 1.54) is 117 Å². The quantitative estimate of drug-likeness (QED) is 0.126. The van der Waals surface area contributed by atoms with E-state index in [1.807, 2.05) is 22.7 Å². The van der Waals surface area contributed by atoms with Gasteiger partial charge in [-0.3, -0.25) is 0 Å². The highest BCUT2D eigenvalue weighted by molar-refractivity contribution is 7.26. The first-order chi connectivity index (χ1) is 26.8. The van der Waals surface area contributed by atoms with Crippen molar-refractivity contribution in [3.8, 4) is 33.4 Å². The van der Waals surface area contributed by atoms with E-state index in [0.29, 0.717) is 0 Å². The van der Waals surface area contributed by atoms with Gasteiger partial charge in [-0.1, -0.05) is 146 Å². The van der Waals surface area contributed by atoms with E-state index in [0.717, 1.165) is 0 Å². The van der Waals surface area contributed by atoms with Gasteiger partial charge in [0.15, 0.2) is 0 Å². The fourth-order valence-corrected chi connectivity index (χ4v) is 11.5. The van der Waals surface area contributed by atoms with E-state index in [4.69, 9.17) is 0 Å². The first-order valence-electron chi connectivity index (χ1n) is 18.5. The molecule has 0 fully saturated rings. The number of thiophene rings is 2. The molecule has 2 heteroatoms. The Kier molecular flexibility index (Phi) is 6.48. The molecular formula is C52H30S2. The van der Waals surface area contributed by atoms with Crippen molar-refractivity contribution >= 4 is 106 Å². The molecule has 0 bridgehead atoms. The summed E-state index contributed by atoms with van der Waals surface area (Å²) in [5, 5.41) is 15.5. The van der Waals surface area contributed by atoms with Gasteiger partial charge in [-0.05, 0) is 113 Å². The number of hydrogen-bond donors (Lipinski definition) is 0. The largest absolute Gasteiger partial charge is 0.135 e. The van der Waals surface area contributed by atoms with Crippen molar-refractivity contribution in [2.24, 2.45) is 0 Å². The van der Waals surface area contributed by atoms with Crippen LogP contribution in [-0.2, 0) is 0 Å². The molecule has 10 aromatic carbocycles. The average Bonchev–Trinajstić information content (AvgIpc) is 3.81. The van der Waals surface area contributed by atoms with Crippen LogP contribution >= 0.6 is 22.7 Å². The van der Waals surface area contributed by atoms with Gasteiger partial charge in [0, 0.05) is 40.3 Å². The molecule has 0 radical (unpaired) electrons. The molecule has 0 aliphatic carbocycles. The van der Waals surface area contributed by atoms with Crippen LogP contribution in [0.15, 0.2) is 182 Å². The Labute approximate surface area is 319 Å². The Hall–Kier alpha value is -6.32. The van der Waals surface area contributed by atoms with Gasteiger partial charge in [-0.25, -0.2) is 0 Å². The van der Waals surface area contributed by atoms with Gasteiger partial charge < -0.3 is 0 Å². The van der Waals surface area contributed by atoms with Gasteiger partial charge in [0.1, 0.15) is 0 Å². The molecule has 12 aromatic rings. The van der Waals surface area contributed by atoms with E-state index in [1.54, 1.807) is 0 Å². The third-order valence-electron chi connectivity index (χ3n) is 11.5. The zero-order chi connectivity index (χ0) is 35.3. The van der Waals surface area contributed by atoms with Gasteiger partial charge in [0.25, 0.3) is 0 Å². The fourth-order valence-electron chi connectivity index (χ4n) is 9.19. The maximum Gasteiger partial charge on any atom is 0.0361 e. The van der Waals surface area contributed by atoms with Crippen molar-refractivity contribution in [2.75, 3.05) is 0 Å². The lowest BCUT2D eigenvalue weighted by Gasteiger charge is -2.20. The molecule has 0 aliphatic rings. The average molecular weight is 719 g/mol. The lowest BCUT2D eigenvalue weighted by molar-refractivity contribution is 1.69. The molecule has 0 spiro atoms. The van der Waals surface area contributed by atoms with E-state index < -0.39 is 0 Å². The molecule has 0 N–H and O–H groups in total. The summed E-state index contributed by atoms with van der Waals surface area (Å²) in [6, 6.07) is 68.1. The van der Waals surface area contributed by atoms with Crippen molar-refractivity contribution in [3.05, 3.63) is 182 Å². The van der Waals surface area contributed by atoms with Crippen LogP contribution in [0.25, 0.3) is 117 Å². The van der Waals surface area contributed by atoms with Crippen LogP contribution in [0.5, 0.6) is 0 Å². The monoisotopic (exact) mass is 718 g/mol. The molecule has 0 amide bonds. The lowest BCUT2D eigenvalue weighted by atomic mass is 9.83. The fraction of sp³-hybridized carbons (Fsp3) is 0. The Bertz CT molecular complexity index is 3330. The summed E-state index contributed by atoms with van der Waals surface area (Å²) in [4.78, 5) is 0. The second kappa shape index (κ2) is 11.6. The topological polar surface area (TPSA) is 0 Å². The van der Waals surface area contributed by atoms with Crippen molar-refractivity contribution in [1.82, 2.24) is 0 Å². The maximum absolute atomic E-state index is 2.50. The van der Waals surface area contributed by atoms with Gasteiger partial charge in [-0.15, -0.1) is 22.7 Å². The molecule has 0 atom stereocenters. The van der Waals surface area contributed by atoms with Gasteiger partial charge in [0.05, 0.1) is 0 Å². The summed E-state index contributed by atoms with van der Waals surface area (Å²) >= 11 is 3.77. The molecular weight excluding hydrogens is 689 g/mol. The van der Waals surface area contributed by atoms with Crippen molar-refractivity contribution in [2.45, 2.75) is 0 Å². The Morgan fingerprint density at radius 1 is 0.241 bits per heavy atom. The minimum Gasteiger partial charge on any atom is -0.135 e. The summed E-state index contributed by atoms with van der Waals surface area (Å²) in [6.07, 6.45) is 0. The van der Waals surface area contributed by atoms with Gasteiger partial charge >= 0.3 is 0 Å². The lowest BCUT2D eigenvalue weighted by Crippen LogP contribution is -1.92. The van der Waals surface area contributed by atoms with Gasteiger partial charge in [-0.2, -0.15) is 0 Å². The van der Waals surface area contributed by atoms with Gasteiger partial charge in [0.2, 0.25) is 0 Å². The smallest absolute Gasteiger partial charge is 0.0361 e. The van der Waals surface area contributed by atoms with Crippen LogP contribution in [0.2, 0.25) is 0 Å². The first-order valence-corrected chi connectivity index (χ1v) is 20.1. The first kappa shape index (κ1) is 30.2. The predicted molar refractivity (Wildman–Crippen MR) is 239 cm³/mol. The summed E-state index contributed by atoms with van der Waals surface area (Å²) < 4.78 is 5.30. The third-order valence-corrected chi connectivity index (χ3v) is 13.7. The molecule has 2 heterocycles. The van der Waals surface area contributed by atoms with Crippen LogP contribution in [-0.4, -0.2) is 0 Å². The van der Waals surface area contributed by atoms with Crippen LogP contribution in [0.1, 0.15) is 0 Å². The third kappa shape index (κ3) is 4.30. The molecule has 0 aliphatic heterocycles. The summed E-state index contributed by atoms with van der Waals surface area (Å²) in [6.45, 7) is 0. The second-order valence-corrected chi connectivity index (χ2v) is 16.5. The zero-order valence-electron chi connectivity index (χ0n) is 29.1. The molecule has 0 saturated carbocycles. The van der Waals surface area contributed by atoms with Crippen LogP contribution < -0.4 is 0 Å². The predicted octanol–water partition coefficient (Wildman–Crippen LogP) is 16.0. The molecule has 12 rings (SSSR count). The highest BCUT2D eigenvalue weighted by Gasteiger charge is 2.21. The number of rotatable bonds is 3. The zero-order valence-corrected chi connectivity index (χ0v) is 30.8. The molecule has 54 heavy (non-hydrogen) atoms. The molecule has 2 aromatic heterocycles. The molecule has 0 saturated heterocycles. The van der Waals surface area contributed by atoms with E-state index in [2.05, 4.69) is 182 Å². The van der Waals surface area contributed by atoms with Crippen LogP contribution in [0.3, 0.4) is 0 Å². The standard InChI is InChI=1S/C52H30S2/c1-2-14-32-31(13-1)29-45(34-16-4-3-15-33(32)34)50-39-21-9-19-35(37-23-11-27-48-51(37)41-17-5-7-25-46(41)53-48)43(39)30-44-36(20-10-22-40(44)50)38-24-12-28-49-52(38)42-18-6-8-26-47(42)54-49/h1-30H. The number of benzene rings is 10. The molecule has 250 valence electrons. The SMILES string of the molecule is c1ccc2c(c1)cc(-c1c3cccc(-c4cccc5sc6ccccc6c45)c3cc3c(-c4cccc5sc6ccccc6c45)cccc13)c1ccccc12. The van der Waals surface area contributed by atoms with E-state index >= 15 is 0 Å². The highest BCUT2D eigenvalue weighted by atomic mass is 32.1. The molecule has 0 nitrogen and oxygen atoms in total. The summed E-state index contributed by atoms with van der Waals surface area (Å²) in [7, 11) is 0. The minimum absolute atomic E-state index is 1.26. The maximum atomic E-state index is 2.50. The Balaban J connectivity index is 1.28. The van der Waals surface area contributed by atoms with Crippen molar-refractivity contribution in [1.29, 1.82) is 0 Å². The Morgan fingerprint density at radius 2 is 0.667 bits per heavy atom. The normalized spacial score (nSPS) is 12.1. The highest BCUT2D eigenvalue weighted by Crippen LogP contribution is 2.49. The van der Waals surface area contributed by atoms with Crippen molar-refractivity contribution < 1.29 is 0 Å². The Morgan fingerprint density at radius 3 is 1.26 bits per heavy atom. The number of fused-ring (bicyclic) bond motifs is 11. The van der Waals surface area contributed by atoms with E-state index in [-0.39, 0.29) is 0 Å². The van der Waals surface area contributed by atoms with E-state index in [9.17, 15) is 0 Å². The second-order valence-electron chi connectivity index (χ2n) is 14.3. The number of hydrogen-bond acceptors (Lipinski definition) is 2. The minimum atomic E-state index is 1.26. The van der Waals surface area contributed by atoms with Crippen molar-refractivity contribution in [3.63, 3.8) is 0 Å². The molecule has 0 unspecified atom stereocenters. The van der Waals surface area contributed by atoms with Crippen LogP contribution in [0, 0.1) is 0 Å². The summed E-state index contributed by atoms with van der Waals surface area (Å²) in [5.74, 6) is 0.